The summed E-state index contributed by atoms with van der Waals surface area (Å²) in [5.41, 5.74) is 10.1. The molecule has 3 aliphatic rings. The van der Waals surface area contributed by atoms with Crippen LogP contribution in [0.1, 0.15) is 29.0 Å². The van der Waals surface area contributed by atoms with Gasteiger partial charge >= 0.3 is 0 Å². The van der Waals surface area contributed by atoms with Gasteiger partial charge < -0.3 is 9.47 Å². The third-order valence-corrected chi connectivity index (χ3v) is 9.74. The molecular formula is C43H28N6. The van der Waals surface area contributed by atoms with Gasteiger partial charge in [-0.1, -0.05) is 103 Å². The van der Waals surface area contributed by atoms with E-state index >= 15 is 0 Å². The van der Waals surface area contributed by atoms with Crippen molar-refractivity contribution in [1.29, 1.82) is 10.5 Å². The number of hydrogen-bond acceptors (Lipinski definition) is 5. The average molecular weight is 629 g/mol. The van der Waals surface area contributed by atoms with Crippen molar-refractivity contribution in [2.75, 3.05) is 4.90 Å². The first-order valence-corrected chi connectivity index (χ1v) is 16.3. The Hall–Kier alpha value is -6.76. The SMILES string of the molecule is N#CC1=C(C#N)N=C(c2ccc(-n3c4ccccc4c4ccccc43)cc2)CC(c2ccc(N3c4ccccc4C4C=CC=CC43)cc2)=N1. The second-order valence-corrected chi connectivity index (χ2v) is 12.4. The Morgan fingerprint density at radius 3 is 1.71 bits per heavy atom. The lowest BCUT2D eigenvalue weighted by Crippen LogP contribution is -2.28. The Kier molecular flexibility index (Phi) is 6.67. The molecule has 9 rings (SSSR count). The fraction of sp³-hybridized carbons (Fsp3) is 0.0698. The number of para-hydroxylation sites is 3. The Balaban J connectivity index is 1.06. The lowest BCUT2D eigenvalue weighted by Gasteiger charge is -2.28. The standard InChI is InChI=1S/C43H28N6/c44-26-38-39(27-45)47-37(29-19-23-31(24-20-29)49-42-15-7-3-11-34(42)35-12-4-8-16-43(35)49)25-36(46-38)28-17-21-30(22-18-28)48-40-13-5-1-9-32(40)33-10-2-6-14-41(33)48/h1-24,32,40H,25H2. The van der Waals surface area contributed by atoms with E-state index in [-0.39, 0.29) is 17.4 Å². The van der Waals surface area contributed by atoms with Crippen LogP contribution in [0.15, 0.2) is 167 Å². The van der Waals surface area contributed by atoms with Crippen molar-refractivity contribution in [3.05, 3.63) is 174 Å². The molecule has 6 aromatic rings. The molecule has 0 amide bonds. The summed E-state index contributed by atoms with van der Waals surface area (Å²) >= 11 is 0. The lowest BCUT2D eigenvalue weighted by molar-refractivity contribution is 0.745. The molecule has 0 saturated heterocycles. The van der Waals surface area contributed by atoms with Crippen LogP contribution in [-0.4, -0.2) is 22.0 Å². The minimum absolute atomic E-state index is 0.0208. The molecule has 0 saturated carbocycles. The van der Waals surface area contributed by atoms with Crippen molar-refractivity contribution < 1.29 is 0 Å². The lowest BCUT2D eigenvalue weighted by atomic mass is 9.91. The van der Waals surface area contributed by atoms with Gasteiger partial charge in [0, 0.05) is 40.2 Å². The number of hydrogen-bond donors (Lipinski definition) is 0. The van der Waals surface area contributed by atoms with E-state index in [1.54, 1.807) is 0 Å². The molecule has 3 heterocycles. The number of nitriles is 2. The highest BCUT2D eigenvalue weighted by atomic mass is 15.2. The first-order chi connectivity index (χ1) is 24.2. The molecule has 2 atom stereocenters. The second-order valence-electron chi connectivity index (χ2n) is 12.4. The van der Waals surface area contributed by atoms with Crippen LogP contribution in [0.25, 0.3) is 27.5 Å². The van der Waals surface area contributed by atoms with E-state index in [4.69, 9.17) is 9.98 Å². The maximum absolute atomic E-state index is 9.99. The monoisotopic (exact) mass is 628 g/mol. The molecule has 230 valence electrons. The van der Waals surface area contributed by atoms with Crippen LogP contribution in [0.4, 0.5) is 11.4 Å². The topological polar surface area (TPSA) is 80.5 Å². The van der Waals surface area contributed by atoms with Crippen LogP contribution >= 0.6 is 0 Å². The molecule has 0 N–H and O–H groups in total. The zero-order valence-electron chi connectivity index (χ0n) is 26.4. The van der Waals surface area contributed by atoms with E-state index in [1.807, 2.05) is 12.1 Å². The van der Waals surface area contributed by atoms with Crippen molar-refractivity contribution in [3.63, 3.8) is 0 Å². The molecule has 0 spiro atoms. The molecule has 5 aromatic carbocycles. The number of fused-ring (bicyclic) bond motifs is 6. The predicted molar refractivity (Wildman–Crippen MR) is 197 cm³/mol. The molecule has 6 nitrogen and oxygen atoms in total. The van der Waals surface area contributed by atoms with E-state index in [1.165, 1.54) is 22.0 Å². The third kappa shape index (κ3) is 4.62. The second kappa shape index (κ2) is 11.5. The van der Waals surface area contributed by atoms with E-state index in [0.717, 1.165) is 33.5 Å². The van der Waals surface area contributed by atoms with Crippen LogP contribution < -0.4 is 4.90 Å². The fourth-order valence-electron chi connectivity index (χ4n) is 7.51. The van der Waals surface area contributed by atoms with Crippen LogP contribution in [-0.2, 0) is 0 Å². The van der Waals surface area contributed by atoms with Crippen LogP contribution in [0, 0.1) is 22.7 Å². The highest BCUT2D eigenvalue weighted by molar-refractivity contribution is 6.19. The van der Waals surface area contributed by atoms with Gasteiger partial charge in [0.1, 0.15) is 12.1 Å². The van der Waals surface area contributed by atoms with Gasteiger partial charge in [-0.25, -0.2) is 9.98 Å². The number of aliphatic imine (C=N–C) groups is 2. The maximum Gasteiger partial charge on any atom is 0.177 e. The van der Waals surface area contributed by atoms with Crippen LogP contribution in [0.3, 0.4) is 0 Å². The Labute approximate surface area is 283 Å². The largest absolute Gasteiger partial charge is 0.333 e. The van der Waals surface area contributed by atoms with Gasteiger partial charge in [-0.3, -0.25) is 0 Å². The smallest absolute Gasteiger partial charge is 0.177 e. The van der Waals surface area contributed by atoms with E-state index in [9.17, 15) is 10.5 Å². The first-order valence-electron chi connectivity index (χ1n) is 16.3. The minimum atomic E-state index is 0.0208. The summed E-state index contributed by atoms with van der Waals surface area (Å²) in [5, 5.41) is 22.4. The first kappa shape index (κ1) is 28.5. The molecule has 2 unspecified atom stereocenters. The fourth-order valence-corrected chi connectivity index (χ4v) is 7.51. The van der Waals surface area contributed by atoms with Crippen molar-refractivity contribution in [2.45, 2.75) is 18.4 Å². The van der Waals surface area contributed by atoms with Gasteiger partial charge in [0.15, 0.2) is 11.4 Å². The zero-order valence-corrected chi connectivity index (χ0v) is 26.4. The van der Waals surface area contributed by atoms with E-state index in [0.29, 0.717) is 23.8 Å². The molecule has 49 heavy (non-hydrogen) atoms. The van der Waals surface area contributed by atoms with Gasteiger partial charge in [0.2, 0.25) is 0 Å². The van der Waals surface area contributed by atoms with Gasteiger partial charge in [0.05, 0.1) is 28.5 Å². The van der Waals surface area contributed by atoms with Gasteiger partial charge in [-0.15, -0.1) is 0 Å². The summed E-state index contributed by atoms with van der Waals surface area (Å²) in [4.78, 5) is 11.8. The molecular weight excluding hydrogens is 601 g/mol. The van der Waals surface area contributed by atoms with Crippen LogP contribution in [0.5, 0.6) is 0 Å². The van der Waals surface area contributed by atoms with Crippen molar-refractivity contribution in [3.8, 4) is 17.8 Å². The van der Waals surface area contributed by atoms with Crippen molar-refractivity contribution in [2.24, 2.45) is 9.98 Å². The van der Waals surface area contributed by atoms with E-state index in [2.05, 4.69) is 155 Å². The molecule has 2 aliphatic heterocycles. The molecule has 0 bridgehead atoms. The van der Waals surface area contributed by atoms with Crippen molar-refractivity contribution >= 4 is 44.6 Å². The average Bonchev–Trinajstić information content (AvgIpc) is 3.60. The normalized spacial score (nSPS) is 18.0. The summed E-state index contributed by atoms with van der Waals surface area (Å²) in [7, 11) is 0. The predicted octanol–water partition coefficient (Wildman–Crippen LogP) is 9.45. The Bertz CT molecular complexity index is 2490. The maximum atomic E-state index is 9.99. The molecule has 6 heteroatoms. The van der Waals surface area contributed by atoms with Gasteiger partial charge in [-0.05, 0) is 59.2 Å². The summed E-state index contributed by atoms with van der Waals surface area (Å²) in [6.45, 7) is 0. The molecule has 1 aliphatic carbocycles. The van der Waals surface area contributed by atoms with Gasteiger partial charge in [-0.2, -0.15) is 10.5 Å². The highest BCUT2D eigenvalue weighted by Gasteiger charge is 2.37. The van der Waals surface area contributed by atoms with Crippen molar-refractivity contribution in [1.82, 2.24) is 4.57 Å². The van der Waals surface area contributed by atoms with E-state index < -0.39 is 0 Å². The third-order valence-electron chi connectivity index (χ3n) is 9.74. The summed E-state index contributed by atoms with van der Waals surface area (Å²) in [6.07, 6.45) is 9.15. The number of nitrogens with zero attached hydrogens (tertiary/aromatic N) is 6. The summed E-state index contributed by atoms with van der Waals surface area (Å²) < 4.78 is 2.27. The minimum Gasteiger partial charge on any atom is -0.333 e. The number of anilines is 2. The summed E-state index contributed by atoms with van der Waals surface area (Å²) in [6, 6.07) is 46.5. The number of allylic oxidation sites excluding steroid dienone is 4. The summed E-state index contributed by atoms with van der Waals surface area (Å²) in [5.74, 6) is 0.306. The molecule has 0 fully saturated rings. The highest BCUT2D eigenvalue weighted by Crippen LogP contribution is 2.47. The number of aromatic nitrogens is 1. The van der Waals surface area contributed by atoms with Crippen LogP contribution in [0.2, 0.25) is 0 Å². The number of rotatable bonds is 4. The Morgan fingerprint density at radius 1 is 0.571 bits per heavy atom. The molecule has 1 aromatic heterocycles. The quantitative estimate of drug-likeness (QED) is 0.195. The zero-order chi connectivity index (χ0) is 32.9. The van der Waals surface area contributed by atoms with Gasteiger partial charge in [0.25, 0.3) is 0 Å². The number of benzene rings is 5. The Morgan fingerprint density at radius 2 is 1.10 bits per heavy atom. The molecule has 0 radical (unpaired) electrons.